The highest BCUT2D eigenvalue weighted by Gasteiger charge is 2.47. The van der Waals surface area contributed by atoms with Gasteiger partial charge in [0.15, 0.2) is 0 Å². The largest absolute Gasteiger partial charge is 0.468 e. The van der Waals surface area contributed by atoms with E-state index in [0.717, 1.165) is 6.42 Å². The van der Waals surface area contributed by atoms with Crippen LogP contribution in [0.3, 0.4) is 0 Å². The maximum atomic E-state index is 11.7. The lowest BCUT2D eigenvalue weighted by molar-refractivity contribution is -0.167. The number of methoxy groups -OCH3 is 2. The van der Waals surface area contributed by atoms with Crippen LogP contribution in [-0.4, -0.2) is 49.7 Å². The molecule has 0 aliphatic carbocycles. The van der Waals surface area contributed by atoms with E-state index in [2.05, 4.69) is 0 Å². The van der Waals surface area contributed by atoms with Crippen molar-refractivity contribution >= 4 is 11.9 Å². The molecule has 1 aliphatic rings. The van der Waals surface area contributed by atoms with Crippen molar-refractivity contribution in [1.82, 2.24) is 4.90 Å². The number of esters is 2. The molecule has 0 N–H and O–H groups in total. The third kappa shape index (κ3) is 2.99. The highest BCUT2D eigenvalue weighted by Crippen LogP contribution is 2.28. The lowest BCUT2D eigenvalue weighted by Gasteiger charge is -2.44. The van der Waals surface area contributed by atoms with Crippen molar-refractivity contribution in [3.8, 4) is 0 Å². The molecule has 1 saturated heterocycles. The molecule has 5 heteroatoms. The number of rotatable bonds is 5. The second-order valence-electron chi connectivity index (χ2n) is 4.79. The minimum absolute atomic E-state index is 0.293. The zero-order valence-corrected chi connectivity index (χ0v) is 11.7. The van der Waals surface area contributed by atoms with Crippen LogP contribution in [0.5, 0.6) is 0 Å². The molecule has 0 saturated carbocycles. The highest BCUT2D eigenvalue weighted by atomic mass is 16.5. The van der Waals surface area contributed by atoms with Crippen LogP contribution in [0.2, 0.25) is 0 Å². The van der Waals surface area contributed by atoms with Crippen LogP contribution in [0, 0.1) is 0 Å². The van der Waals surface area contributed by atoms with E-state index >= 15 is 0 Å². The van der Waals surface area contributed by atoms with Gasteiger partial charge in [0.25, 0.3) is 0 Å². The van der Waals surface area contributed by atoms with Gasteiger partial charge >= 0.3 is 11.9 Å². The summed E-state index contributed by atoms with van der Waals surface area (Å²) in [4.78, 5) is 25.2. The van der Waals surface area contributed by atoms with E-state index in [4.69, 9.17) is 9.47 Å². The van der Waals surface area contributed by atoms with Gasteiger partial charge in [0.05, 0.1) is 14.2 Å². The van der Waals surface area contributed by atoms with Gasteiger partial charge in [-0.15, -0.1) is 0 Å². The molecule has 2 rings (SSSR count). The molecule has 0 aromatic heterocycles. The van der Waals surface area contributed by atoms with Crippen LogP contribution < -0.4 is 0 Å². The van der Waals surface area contributed by atoms with Crippen LogP contribution in [-0.2, 0) is 25.5 Å². The van der Waals surface area contributed by atoms with Crippen molar-refractivity contribution in [3.63, 3.8) is 0 Å². The number of benzene rings is 1. The predicted octanol–water partition coefficient (Wildman–Crippen LogP) is 1.02. The van der Waals surface area contributed by atoms with Crippen LogP contribution in [0.4, 0.5) is 0 Å². The van der Waals surface area contributed by atoms with Crippen LogP contribution >= 0.6 is 0 Å². The third-order valence-corrected chi connectivity index (χ3v) is 3.70. The summed E-state index contributed by atoms with van der Waals surface area (Å²) in [6.07, 6.45) is 1.25. The molecule has 0 bridgehead atoms. The SMILES string of the molecule is COC(=O)C1C[C@H](C(=O)OC)N1CCc1ccccc1. The summed E-state index contributed by atoms with van der Waals surface area (Å²) in [5.74, 6) is -0.587. The van der Waals surface area contributed by atoms with Crippen molar-refractivity contribution in [2.75, 3.05) is 20.8 Å². The molecule has 108 valence electrons. The van der Waals surface area contributed by atoms with Gasteiger partial charge in [0.1, 0.15) is 12.1 Å². The molecule has 5 nitrogen and oxygen atoms in total. The van der Waals surface area contributed by atoms with Gasteiger partial charge in [-0.3, -0.25) is 14.5 Å². The normalized spacial score (nSPS) is 21.9. The second kappa shape index (κ2) is 6.52. The van der Waals surface area contributed by atoms with Gasteiger partial charge < -0.3 is 9.47 Å². The van der Waals surface area contributed by atoms with Crippen molar-refractivity contribution in [2.24, 2.45) is 0 Å². The summed E-state index contributed by atoms with van der Waals surface area (Å²) in [6.45, 7) is 0.629. The fraction of sp³-hybridized carbons (Fsp3) is 0.467. The Balaban J connectivity index is 1.99. The summed E-state index contributed by atoms with van der Waals surface area (Å²) in [5.41, 5.74) is 1.17. The molecule has 1 fully saturated rings. The molecule has 20 heavy (non-hydrogen) atoms. The van der Waals surface area contributed by atoms with Crippen molar-refractivity contribution < 1.29 is 19.1 Å². The first kappa shape index (κ1) is 14.5. The minimum Gasteiger partial charge on any atom is -0.468 e. The van der Waals surface area contributed by atoms with Crippen LogP contribution in [0.15, 0.2) is 30.3 Å². The third-order valence-electron chi connectivity index (χ3n) is 3.70. The summed E-state index contributed by atoms with van der Waals surface area (Å²) in [5, 5.41) is 0. The Labute approximate surface area is 118 Å². The first-order valence-corrected chi connectivity index (χ1v) is 6.62. The lowest BCUT2D eigenvalue weighted by Crippen LogP contribution is -2.63. The molecular formula is C15H19NO4. The highest BCUT2D eigenvalue weighted by molar-refractivity contribution is 5.84. The summed E-state index contributed by atoms with van der Waals surface area (Å²) < 4.78 is 9.53. The van der Waals surface area contributed by atoms with E-state index in [-0.39, 0.29) is 24.0 Å². The molecule has 0 radical (unpaired) electrons. The van der Waals surface area contributed by atoms with Crippen molar-refractivity contribution in [1.29, 1.82) is 0 Å². The van der Waals surface area contributed by atoms with Gasteiger partial charge in [-0.05, 0) is 18.4 Å². The zero-order chi connectivity index (χ0) is 14.5. The number of carbonyl (C=O) groups is 2. The first-order valence-electron chi connectivity index (χ1n) is 6.62. The first-order chi connectivity index (χ1) is 9.67. The molecule has 1 aromatic carbocycles. The predicted molar refractivity (Wildman–Crippen MR) is 73.1 cm³/mol. The molecule has 1 aliphatic heterocycles. The number of nitrogens with zero attached hydrogens (tertiary/aromatic N) is 1. The lowest BCUT2D eigenvalue weighted by atomic mass is 9.92. The van der Waals surface area contributed by atoms with E-state index < -0.39 is 0 Å². The smallest absolute Gasteiger partial charge is 0.323 e. The van der Waals surface area contributed by atoms with E-state index in [9.17, 15) is 9.59 Å². The van der Waals surface area contributed by atoms with Gasteiger partial charge in [0, 0.05) is 6.54 Å². The molecule has 1 unspecified atom stereocenters. The van der Waals surface area contributed by atoms with Crippen molar-refractivity contribution in [3.05, 3.63) is 35.9 Å². The molecule has 0 amide bonds. The van der Waals surface area contributed by atoms with Gasteiger partial charge in [-0.2, -0.15) is 0 Å². The van der Waals surface area contributed by atoms with E-state index in [1.54, 1.807) is 0 Å². The van der Waals surface area contributed by atoms with E-state index in [1.165, 1.54) is 19.8 Å². The average Bonchev–Trinajstić information content (AvgIpc) is 2.47. The van der Waals surface area contributed by atoms with E-state index in [0.29, 0.717) is 13.0 Å². The number of ether oxygens (including phenoxy) is 2. The Morgan fingerprint density at radius 1 is 1.10 bits per heavy atom. The van der Waals surface area contributed by atoms with Crippen LogP contribution in [0.25, 0.3) is 0 Å². The number of hydrogen-bond donors (Lipinski definition) is 0. The minimum atomic E-state index is -0.340. The molecular weight excluding hydrogens is 258 g/mol. The average molecular weight is 277 g/mol. The molecule has 1 aromatic rings. The number of carbonyl (C=O) groups excluding carboxylic acids is 2. The van der Waals surface area contributed by atoms with Crippen LogP contribution in [0.1, 0.15) is 12.0 Å². The summed E-state index contributed by atoms with van der Waals surface area (Å²) >= 11 is 0. The topological polar surface area (TPSA) is 55.8 Å². The zero-order valence-electron chi connectivity index (χ0n) is 11.7. The molecule has 0 spiro atoms. The van der Waals surface area contributed by atoms with E-state index in [1.807, 2.05) is 35.2 Å². The Bertz CT molecular complexity index is 452. The Morgan fingerprint density at radius 3 is 2.15 bits per heavy atom. The second-order valence-corrected chi connectivity index (χ2v) is 4.79. The number of hydrogen-bond acceptors (Lipinski definition) is 5. The molecule has 1 heterocycles. The monoisotopic (exact) mass is 277 g/mol. The van der Waals surface area contributed by atoms with Crippen molar-refractivity contribution in [2.45, 2.75) is 24.9 Å². The van der Waals surface area contributed by atoms with Gasteiger partial charge in [0.2, 0.25) is 0 Å². The quantitative estimate of drug-likeness (QED) is 0.752. The Kier molecular flexibility index (Phi) is 4.74. The fourth-order valence-corrected chi connectivity index (χ4v) is 2.51. The molecule has 2 atom stereocenters. The fourth-order valence-electron chi connectivity index (χ4n) is 2.51. The summed E-state index contributed by atoms with van der Waals surface area (Å²) in [7, 11) is 2.73. The Morgan fingerprint density at radius 2 is 1.65 bits per heavy atom. The maximum absolute atomic E-state index is 11.7. The van der Waals surface area contributed by atoms with Gasteiger partial charge in [-0.25, -0.2) is 0 Å². The summed E-state index contributed by atoms with van der Waals surface area (Å²) in [6, 6.07) is 9.28. The number of likely N-dealkylation sites (tertiary alicyclic amines) is 1. The Hall–Kier alpha value is -1.88. The van der Waals surface area contributed by atoms with Gasteiger partial charge in [-0.1, -0.05) is 30.3 Å². The maximum Gasteiger partial charge on any atom is 0.323 e. The standard InChI is InChI=1S/C15H19NO4/c1-19-14(17)12-10-13(15(18)20-2)16(12)9-8-11-6-4-3-5-7-11/h3-7,12-13H,8-10H2,1-2H3/t12-,13?/m1/s1.